The number of anilines is 1. The lowest BCUT2D eigenvalue weighted by Crippen LogP contribution is -2.42. The van der Waals surface area contributed by atoms with Crippen molar-refractivity contribution in [2.75, 3.05) is 19.1 Å². The molecule has 3 aromatic carbocycles. The molecule has 33 heavy (non-hydrogen) atoms. The zero-order chi connectivity index (χ0) is 22.8. The molecule has 2 unspecified atom stereocenters. The molecule has 0 bridgehead atoms. The van der Waals surface area contributed by atoms with Gasteiger partial charge in [0, 0.05) is 11.1 Å². The third-order valence-electron chi connectivity index (χ3n) is 6.06. The van der Waals surface area contributed by atoms with Crippen LogP contribution in [-0.4, -0.2) is 34.9 Å². The zero-order valence-electron chi connectivity index (χ0n) is 18.5. The lowest BCUT2D eigenvalue weighted by molar-refractivity contribution is 0.0963. The highest BCUT2D eigenvalue weighted by molar-refractivity contribution is 6.06. The van der Waals surface area contributed by atoms with E-state index in [1.54, 1.807) is 43.4 Å². The topological polar surface area (TPSA) is 69.5 Å². The van der Waals surface area contributed by atoms with Crippen LogP contribution in [0, 0.1) is 0 Å². The SMILES string of the molecule is COc1ccc(C(=O)N2c3ncnn3C(c3ccccc3OC)CC2c2ccccc2)cc1. The quantitative estimate of drug-likeness (QED) is 0.451. The summed E-state index contributed by atoms with van der Waals surface area (Å²) in [5.74, 6) is 1.85. The van der Waals surface area contributed by atoms with Crippen molar-refractivity contribution in [3.63, 3.8) is 0 Å². The number of benzene rings is 3. The average Bonchev–Trinajstić information content (AvgIpc) is 3.38. The molecule has 0 N–H and O–H groups in total. The average molecular weight is 441 g/mol. The first-order chi connectivity index (χ1) is 16.2. The van der Waals surface area contributed by atoms with Crippen molar-refractivity contribution in [2.24, 2.45) is 0 Å². The summed E-state index contributed by atoms with van der Waals surface area (Å²) in [6.45, 7) is 0. The maximum absolute atomic E-state index is 13.8. The number of hydrogen-bond donors (Lipinski definition) is 0. The molecule has 7 heteroatoms. The fraction of sp³-hybridized carbons (Fsp3) is 0.192. The highest BCUT2D eigenvalue weighted by Gasteiger charge is 2.40. The number of para-hydroxylation sites is 1. The van der Waals surface area contributed by atoms with Crippen LogP contribution in [0.5, 0.6) is 11.5 Å². The molecule has 0 saturated heterocycles. The van der Waals surface area contributed by atoms with E-state index in [-0.39, 0.29) is 18.0 Å². The van der Waals surface area contributed by atoms with Crippen LogP contribution < -0.4 is 14.4 Å². The van der Waals surface area contributed by atoms with Crippen LogP contribution >= 0.6 is 0 Å². The van der Waals surface area contributed by atoms with Gasteiger partial charge in [-0.2, -0.15) is 10.1 Å². The fourth-order valence-electron chi connectivity index (χ4n) is 4.46. The number of carbonyl (C=O) groups is 1. The van der Waals surface area contributed by atoms with E-state index in [2.05, 4.69) is 10.1 Å². The van der Waals surface area contributed by atoms with E-state index >= 15 is 0 Å². The molecule has 1 amide bonds. The molecule has 0 aliphatic carbocycles. The Morgan fingerprint density at radius 1 is 0.879 bits per heavy atom. The summed E-state index contributed by atoms with van der Waals surface area (Å²) in [6, 6.07) is 24.7. The third kappa shape index (κ3) is 3.71. The second-order valence-corrected chi connectivity index (χ2v) is 7.83. The van der Waals surface area contributed by atoms with E-state index in [4.69, 9.17) is 9.47 Å². The van der Waals surface area contributed by atoms with E-state index < -0.39 is 0 Å². The number of ether oxygens (including phenoxy) is 2. The third-order valence-corrected chi connectivity index (χ3v) is 6.06. The summed E-state index contributed by atoms with van der Waals surface area (Å²) >= 11 is 0. The van der Waals surface area contributed by atoms with Gasteiger partial charge in [-0.05, 0) is 42.3 Å². The molecule has 1 aliphatic heterocycles. The first kappa shape index (κ1) is 20.8. The van der Waals surface area contributed by atoms with Crippen LogP contribution in [0.4, 0.5) is 5.95 Å². The van der Waals surface area contributed by atoms with Gasteiger partial charge in [-0.1, -0.05) is 48.5 Å². The standard InChI is InChI=1S/C26H24N4O3/c1-32-20-14-12-19(13-15-20)25(31)29-22(18-8-4-3-5-9-18)16-23(30-26(29)27-17-28-30)21-10-6-7-11-24(21)33-2/h3-15,17,22-23H,16H2,1-2H3. The normalized spacial score (nSPS) is 17.3. The molecule has 0 radical (unpaired) electrons. The molecule has 2 heterocycles. The summed E-state index contributed by atoms with van der Waals surface area (Å²) < 4.78 is 12.7. The Morgan fingerprint density at radius 3 is 2.33 bits per heavy atom. The second kappa shape index (κ2) is 8.78. The minimum atomic E-state index is -0.229. The number of hydrogen-bond acceptors (Lipinski definition) is 5. The summed E-state index contributed by atoms with van der Waals surface area (Å²) in [5.41, 5.74) is 2.60. The maximum atomic E-state index is 13.8. The van der Waals surface area contributed by atoms with Gasteiger partial charge >= 0.3 is 0 Å². The van der Waals surface area contributed by atoms with Crippen LogP contribution in [-0.2, 0) is 0 Å². The van der Waals surface area contributed by atoms with Crippen LogP contribution in [0.3, 0.4) is 0 Å². The van der Waals surface area contributed by atoms with Crippen molar-refractivity contribution < 1.29 is 14.3 Å². The van der Waals surface area contributed by atoms with Gasteiger partial charge in [-0.15, -0.1) is 0 Å². The van der Waals surface area contributed by atoms with Gasteiger partial charge in [-0.25, -0.2) is 4.68 Å². The predicted octanol–water partition coefficient (Wildman–Crippen LogP) is 4.68. The maximum Gasteiger partial charge on any atom is 0.261 e. The largest absolute Gasteiger partial charge is 0.497 e. The van der Waals surface area contributed by atoms with E-state index in [1.807, 2.05) is 59.3 Å². The number of fused-ring (bicyclic) bond motifs is 1. The smallest absolute Gasteiger partial charge is 0.261 e. The molecule has 7 nitrogen and oxygen atoms in total. The van der Waals surface area contributed by atoms with Gasteiger partial charge in [0.2, 0.25) is 5.95 Å². The molecule has 1 aliphatic rings. The monoisotopic (exact) mass is 440 g/mol. The summed E-state index contributed by atoms with van der Waals surface area (Å²) in [7, 11) is 3.27. The Hall–Kier alpha value is -4.13. The first-order valence-electron chi connectivity index (χ1n) is 10.8. The van der Waals surface area contributed by atoms with Crippen LogP contribution in [0.15, 0.2) is 85.2 Å². The Kier molecular flexibility index (Phi) is 5.52. The van der Waals surface area contributed by atoms with Crippen molar-refractivity contribution >= 4 is 11.9 Å². The van der Waals surface area contributed by atoms with Crippen molar-refractivity contribution in [3.8, 4) is 11.5 Å². The number of methoxy groups -OCH3 is 2. The molecule has 166 valence electrons. The number of carbonyl (C=O) groups excluding carboxylic acids is 1. The number of rotatable bonds is 5. The molecular formula is C26H24N4O3. The van der Waals surface area contributed by atoms with E-state index in [1.165, 1.54) is 6.33 Å². The van der Waals surface area contributed by atoms with E-state index in [0.717, 1.165) is 16.9 Å². The zero-order valence-corrected chi connectivity index (χ0v) is 18.5. The van der Waals surface area contributed by atoms with Crippen LogP contribution in [0.2, 0.25) is 0 Å². The highest BCUT2D eigenvalue weighted by Crippen LogP contribution is 2.44. The van der Waals surface area contributed by atoms with Crippen molar-refractivity contribution in [1.29, 1.82) is 0 Å². The van der Waals surface area contributed by atoms with Gasteiger partial charge in [-0.3, -0.25) is 9.69 Å². The van der Waals surface area contributed by atoms with Crippen molar-refractivity contribution in [2.45, 2.75) is 18.5 Å². The molecule has 5 rings (SSSR count). The minimum absolute atomic E-state index is 0.135. The summed E-state index contributed by atoms with van der Waals surface area (Å²) in [6.07, 6.45) is 2.13. The molecule has 0 saturated carbocycles. The summed E-state index contributed by atoms with van der Waals surface area (Å²) in [5, 5.41) is 4.51. The Morgan fingerprint density at radius 2 is 1.61 bits per heavy atom. The fourth-order valence-corrected chi connectivity index (χ4v) is 4.46. The van der Waals surface area contributed by atoms with Gasteiger partial charge in [0.1, 0.15) is 17.8 Å². The minimum Gasteiger partial charge on any atom is -0.497 e. The number of amides is 1. The van der Waals surface area contributed by atoms with Crippen LogP contribution in [0.1, 0.15) is 40.0 Å². The lowest BCUT2D eigenvalue weighted by atomic mass is 9.91. The Bertz CT molecular complexity index is 1250. The highest BCUT2D eigenvalue weighted by atomic mass is 16.5. The van der Waals surface area contributed by atoms with Crippen molar-refractivity contribution in [1.82, 2.24) is 14.8 Å². The predicted molar refractivity (Wildman–Crippen MR) is 125 cm³/mol. The van der Waals surface area contributed by atoms with Gasteiger partial charge in [0.25, 0.3) is 5.91 Å². The Balaban J connectivity index is 1.64. The first-order valence-corrected chi connectivity index (χ1v) is 10.8. The second-order valence-electron chi connectivity index (χ2n) is 7.83. The summed E-state index contributed by atoms with van der Waals surface area (Å²) in [4.78, 5) is 20.1. The van der Waals surface area contributed by atoms with Crippen LogP contribution in [0.25, 0.3) is 0 Å². The molecular weight excluding hydrogens is 416 g/mol. The van der Waals surface area contributed by atoms with Gasteiger partial charge in [0.15, 0.2) is 0 Å². The van der Waals surface area contributed by atoms with Crippen molar-refractivity contribution in [3.05, 3.63) is 102 Å². The van der Waals surface area contributed by atoms with Gasteiger partial charge in [0.05, 0.1) is 26.3 Å². The Labute approximate surface area is 192 Å². The lowest BCUT2D eigenvalue weighted by Gasteiger charge is -2.39. The van der Waals surface area contributed by atoms with E-state index in [9.17, 15) is 4.79 Å². The number of aromatic nitrogens is 3. The molecule has 1 aromatic heterocycles. The number of nitrogens with zero attached hydrogens (tertiary/aromatic N) is 4. The molecule has 2 atom stereocenters. The van der Waals surface area contributed by atoms with E-state index in [0.29, 0.717) is 23.7 Å². The van der Waals surface area contributed by atoms with Gasteiger partial charge < -0.3 is 9.47 Å². The molecule has 0 fully saturated rings. The molecule has 4 aromatic rings. The molecule has 0 spiro atoms.